The molecule has 1 aromatic rings. The first-order chi connectivity index (χ1) is 11.0. The fourth-order valence-electron chi connectivity index (χ4n) is 2.44. The fourth-order valence-corrected chi connectivity index (χ4v) is 4.85. The average molecular weight is 486 g/mol. The van der Waals surface area contributed by atoms with E-state index in [4.69, 9.17) is 0 Å². The summed E-state index contributed by atoms with van der Waals surface area (Å²) in [5.41, 5.74) is 0. The monoisotopic (exact) mass is 486 g/mol. The van der Waals surface area contributed by atoms with Crippen LogP contribution in [0.2, 0.25) is 0 Å². The van der Waals surface area contributed by atoms with E-state index in [0.717, 1.165) is 25.3 Å². The van der Waals surface area contributed by atoms with Crippen molar-refractivity contribution in [2.24, 2.45) is 4.99 Å². The van der Waals surface area contributed by atoms with Gasteiger partial charge in [0, 0.05) is 35.9 Å². The molecule has 6 nitrogen and oxygen atoms in total. The van der Waals surface area contributed by atoms with E-state index < -0.39 is 10.0 Å². The molecule has 1 aliphatic heterocycles. The Morgan fingerprint density at radius 3 is 2.62 bits per heavy atom. The number of guanidine groups is 1. The number of halogens is 1. The van der Waals surface area contributed by atoms with Gasteiger partial charge in [-0.3, -0.25) is 0 Å². The number of aliphatic imine (C=N–C) groups is 1. The maximum absolute atomic E-state index is 11.8. The van der Waals surface area contributed by atoms with Gasteiger partial charge in [0.15, 0.2) is 5.96 Å². The second kappa shape index (κ2) is 10.6. The number of aryl methyl sites for hydroxylation is 1. The molecule has 0 radical (unpaired) electrons. The topological polar surface area (TPSA) is 73.8 Å². The summed E-state index contributed by atoms with van der Waals surface area (Å²) in [5.74, 6) is 1.01. The summed E-state index contributed by atoms with van der Waals surface area (Å²) in [6, 6.07) is 4.27. The number of sulfonamides is 1. The van der Waals surface area contributed by atoms with Gasteiger partial charge in [0.1, 0.15) is 0 Å². The minimum Gasteiger partial charge on any atom is -0.357 e. The van der Waals surface area contributed by atoms with Crippen LogP contribution in [0, 0.1) is 0 Å². The third kappa shape index (κ3) is 6.49. The molecule has 0 amide bonds. The van der Waals surface area contributed by atoms with Crippen LogP contribution in [0.25, 0.3) is 0 Å². The Hall–Kier alpha value is -0.390. The van der Waals surface area contributed by atoms with E-state index in [0.29, 0.717) is 26.2 Å². The molecule has 24 heavy (non-hydrogen) atoms. The standard InChI is InChI=1S/C15H26N4O2S2.HI/c1-3-13-6-7-14(22-13)12-18-15(16-4-2)17-8-10-19-9-5-11-23(19,20)21;/h6-7H,3-5,8-12H2,1-2H3,(H2,16,17,18);1H. The SMILES string of the molecule is CCNC(=NCc1ccc(CC)s1)NCCN1CCCS1(=O)=O.I. The fraction of sp³-hybridized carbons (Fsp3) is 0.667. The van der Waals surface area contributed by atoms with Crippen LogP contribution in [0.1, 0.15) is 30.0 Å². The third-order valence-electron chi connectivity index (χ3n) is 3.66. The van der Waals surface area contributed by atoms with E-state index in [1.54, 1.807) is 15.6 Å². The van der Waals surface area contributed by atoms with Crippen LogP contribution < -0.4 is 10.6 Å². The van der Waals surface area contributed by atoms with E-state index >= 15 is 0 Å². The van der Waals surface area contributed by atoms with Crippen molar-refractivity contribution >= 4 is 51.3 Å². The molecule has 2 rings (SSSR count). The van der Waals surface area contributed by atoms with Crippen molar-refractivity contribution in [1.29, 1.82) is 0 Å². The van der Waals surface area contributed by atoms with E-state index in [1.807, 2.05) is 6.92 Å². The molecule has 2 heterocycles. The molecule has 1 aliphatic rings. The van der Waals surface area contributed by atoms with Crippen LogP contribution in [-0.2, 0) is 23.0 Å². The van der Waals surface area contributed by atoms with Crippen molar-refractivity contribution in [3.8, 4) is 0 Å². The summed E-state index contributed by atoms with van der Waals surface area (Å²) in [6.07, 6.45) is 1.78. The van der Waals surface area contributed by atoms with Gasteiger partial charge in [-0.2, -0.15) is 0 Å². The average Bonchev–Trinajstić information content (AvgIpc) is 3.11. The Morgan fingerprint density at radius 1 is 1.29 bits per heavy atom. The van der Waals surface area contributed by atoms with Crippen molar-refractivity contribution in [3.05, 3.63) is 21.9 Å². The largest absolute Gasteiger partial charge is 0.357 e. The van der Waals surface area contributed by atoms with Crippen LogP contribution in [0.3, 0.4) is 0 Å². The molecule has 0 spiro atoms. The van der Waals surface area contributed by atoms with Crippen molar-refractivity contribution < 1.29 is 8.42 Å². The van der Waals surface area contributed by atoms with Gasteiger partial charge in [0.2, 0.25) is 10.0 Å². The van der Waals surface area contributed by atoms with Gasteiger partial charge >= 0.3 is 0 Å². The number of thiophene rings is 1. The van der Waals surface area contributed by atoms with Gasteiger partial charge < -0.3 is 10.6 Å². The minimum absolute atomic E-state index is 0. The summed E-state index contributed by atoms with van der Waals surface area (Å²) in [4.78, 5) is 7.17. The Morgan fingerprint density at radius 2 is 2.04 bits per heavy atom. The Labute approximate surface area is 166 Å². The number of nitrogens with one attached hydrogen (secondary N) is 2. The van der Waals surface area contributed by atoms with E-state index in [2.05, 4.69) is 34.7 Å². The van der Waals surface area contributed by atoms with E-state index in [1.165, 1.54) is 9.75 Å². The summed E-state index contributed by atoms with van der Waals surface area (Å²) in [6.45, 7) is 7.27. The zero-order valence-electron chi connectivity index (χ0n) is 14.2. The highest BCUT2D eigenvalue weighted by Gasteiger charge is 2.27. The van der Waals surface area contributed by atoms with Crippen LogP contribution in [0.15, 0.2) is 17.1 Å². The first-order valence-electron chi connectivity index (χ1n) is 8.12. The Kier molecular flexibility index (Phi) is 9.53. The maximum atomic E-state index is 11.8. The molecule has 0 saturated carbocycles. The molecule has 1 saturated heterocycles. The van der Waals surface area contributed by atoms with Gasteiger partial charge in [0.05, 0.1) is 12.3 Å². The Balaban J connectivity index is 0.00000288. The van der Waals surface area contributed by atoms with Crippen LogP contribution in [0.5, 0.6) is 0 Å². The molecule has 0 atom stereocenters. The number of nitrogens with zero attached hydrogens (tertiary/aromatic N) is 2. The van der Waals surface area contributed by atoms with Gasteiger partial charge in [0.25, 0.3) is 0 Å². The lowest BCUT2D eigenvalue weighted by atomic mass is 10.4. The number of hydrogen-bond donors (Lipinski definition) is 2. The summed E-state index contributed by atoms with van der Waals surface area (Å²) in [7, 11) is -3.02. The minimum atomic E-state index is -3.02. The normalized spacial score (nSPS) is 17.5. The number of rotatable bonds is 7. The molecular weight excluding hydrogens is 459 g/mol. The highest BCUT2D eigenvalue weighted by molar-refractivity contribution is 14.0. The van der Waals surface area contributed by atoms with Gasteiger partial charge in [-0.1, -0.05) is 6.92 Å². The molecule has 1 fully saturated rings. The highest BCUT2D eigenvalue weighted by atomic mass is 127. The van der Waals surface area contributed by atoms with E-state index in [-0.39, 0.29) is 29.7 Å². The van der Waals surface area contributed by atoms with Crippen LogP contribution >= 0.6 is 35.3 Å². The van der Waals surface area contributed by atoms with Crippen molar-refractivity contribution in [3.63, 3.8) is 0 Å². The molecule has 138 valence electrons. The second-order valence-corrected chi connectivity index (χ2v) is 8.75. The summed E-state index contributed by atoms with van der Waals surface area (Å²) in [5, 5.41) is 6.41. The zero-order valence-corrected chi connectivity index (χ0v) is 18.2. The number of hydrogen-bond acceptors (Lipinski definition) is 4. The first kappa shape index (κ1) is 21.7. The summed E-state index contributed by atoms with van der Waals surface area (Å²) >= 11 is 1.79. The van der Waals surface area contributed by atoms with Gasteiger partial charge in [-0.05, 0) is 31.9 Å². The molecule has 2 N–H and O–H groups in total. The van der Waals surface area contributed by atoms with E-state index in [9.17, 15) is 8.42 Å². The van der Waals surface area contributed by atoms with Crippen LogP contribution in [0.4, 0.5) is 0 Å². The Bertz CT molecular complexity index is 631. The maximum Gasteiger partial charge on any atom is 0.214 e. The quantitative estimate of drug-likeness (QED) is 0.352. The lowest BCUT2D eigenvalue weighted by molar-refractivity contribution is 0.445. The molecule has 0 unspecified atom stereocenters. The van der Waals surface area contributed by atoms with Crippen molar-refractivity contribution in [2.75, 3.05) is 31.9 Å². The molecule has 0 bridgehead atoms. The molecule has 0 aliphatic carbocycles. The van der Waals surface area contributed by atoms with Crippen LogP contribution in [-0.4, -0.2) is 50.6 Å². The first-order valence-corrected chi connectivity index (χ1v) is 10.5. The molecule has 1 aromatic heterocycles. The van der Waals surface area contributed by atoms with Gasteiger partial charge in [-0.25, -0.2) is 17.7 Å². The highest BCUT2D eigenvalue weighted by Crippen LogP contribution is 2.17. The lowest BCUT2D eigenvalue weighted by Crippen LogP contribution is -2.42. The molecular formula is C15H27IN4O2S2. The smallest absolute Gasteiger partial charge is 0.214 e. The second-order valence-electron chi connectivity index (χ2n) is 5.41. The predicted molar refractivity (Wildman–Crippen MR) is 112 cm³/mol. The zero-order chi connectivity index (χ0) is 16.7. The third-order valence-corrected chi connectivity index (χ3v) is 6.83. The van der Waals surface area contributed by atoms with Crippen molar-refractivity contribution in [1.82, 2.24) is 14.9 Å². The van der Waals surface area contributed by atoms with Gasteiger partial charge in [-0.15, -0.1) is 35.3 Å². The summed E-state index contributed by atoms with van der Waals surface area (Å²) < 4.78 is 25.1. The predicted octanol–water partition coefficient (Wildman–Crippen LogP) is 2.02. The molecule has 9 heteroatoms. The molecule has 0 aromatic carbocycles. The van der Waals surface area contributed by atoms with Crippen molar-refractivity contribution in [2.45, 2.75) is 33.2 Å². The lowest BCUT2D eigenvalue weighted by Gasteiger charge is -2.16.